The Hall–Kier alpha value is -2.40. The zero-order valence-corrected chi connectivity index (χ0v) is 13.0. The topological polar surface area (TPSA) is 68.2 Å². The number of nitrogens with zero attached hydrogens (tertiary/aromatic N) is 3. The number of nitrogens with one attached hydrogen (secondary N) is 1. The third kappa shape index (κ3) is 2.55. The van der Waals surface area contributed by atoms with Gasteiger partial charge in [-0.3, -0.25) is 0 Å². The van der Waals surface area contributed by atoms with Crippen molar-refractivity contribution < 1.29 is 0 Å². The van der Waals surface area contributed by atoms with E-state index in [1.54, 1.807) is 4.52 Å². The van der Waals surface area contributed by atoms with Crippen LogP contribution in [0.5, 0.6) is 0 Å². The minimum absolute atomic E-state index is 0.451. The molecule has 0 radical (unpaired) electrons. The normalized spacial score (nSPS) is 11.3. The van der Waals surface area contributed by atoms with E-state index in [4.69, 9.17) is 10.8 Å². The van der Waals surface area contributed by atoms with Crippen molar-refractivity contribution in [3.63, 3.8) is 0 Å². The van der Waals surface area contributed by atoms with Gasteiger partial charge in [-0.1, -0.05) is 44.2 Å². The largest absolute Gasteiger partial charge is 0.308 e. The molecule has 5 heteroatoms. The van der Waals surface area contributed by atoms with E-state index in [0.29, 0.717) is 5.92 Å². The summed E-state index contributed by atoms with van der Waals surface area (Å²) in [5, 5.41) is 4.67. The van der Waals surface area contributed by atoms with Crippen molar-refractivity contribution in [3.05, 3.63) is 48.2 Å². The molecular formula is C17H21N5. The number of rotatable bonds is 5. The summed E-state index contributed by atoms with van der Waals surface area (Å²) in [6.45, 7) is 4.37. The van der Waals surface area contributed by atoms with Gasteiger partial charge in [0.25, 0.3) is 0 Å². The fraction of sp³-hybridized carbons (Fsp3) is 0.294. The monoisotopic (exact) mass is 295 g/mol. The van der Waals surface area contributed by atoms with Gasteiger partial charge in [-0.2, -0.15) is 9.61 Å². The van der Waals surface area contributed by atoms with E-state index >= 15 is 0 Å². The fourth-order valence-corrected chi connectivity index (χ4v) is 2.76. The van der Waals surface area contributed by atoms with Crippen LogP contribution < -0.4 is 11.3 Å². The van der Waals surface area contributed by atoms with Crippen LogP contribution in [0.15, 0.2) is 42.5 Å². The number of hydrogen-bond acceptors (Lipinski definition) is 4. The van der Waals surface area contributed by atoms with Crippen molar-refractivity contribution in [2.75, 3.05) is 5.43 Å². The molecule has 0 saturated heterocycles. The Morgan fingerprint density at radius 3 is 2.50 bits per heavy atom. The quantitative estimate of drug-likeness (QED) is 0.557. The lowest BCUT2D eigenvalue weighted by atomic mass is 10.00. The van der Waals surface area contributed by atoms with Crippen LogP contribution >= 0.6 is 0 Å². The Bertz CT molecular complexity index is 759. The van der Waals surface area contributed by atoms with E-state index in [9.17, 15) is 0 Å². The van der Waals surface area contributed by atoms with E-state index in [1.807, 2.05) is 36.4 Å². The van der Waals surface area contributed by atoms with E-state index in [0.717, 1.165) is 41.3 Å². The van der Waals surface area contributed by atoms with Crippen LogP contribution in [0.3, 0.4) is 0 Å². The minimum Gasteiger partial charge on any atom is -0.308 e. The molecule has 0 spiro atoms. The zero-order chi connectivity index (χ0) is 15.5. The highest BCUT2D eigenvalue weighted by atomic mass is 15.4. The molecule has 3 N–H and O–H groups in total. The molecule has 22 heavy (non-hydrogen) atoms. The van der Waals surface area contributed by atoms with Crippen LogP contribution in [0.25, 0.3) is 16.9 Å². The van der Waals surface area contributed by atoms with Gasteiger partial charge in [-0.25, -0.2) is 10.8 Å². The van der Waals surface area contributed by atoms with Crippen molar-refractivity contribution in [1.29, 1.82) is 0 Å². The molecule has 114 valence electrons. The summed E-state index contributed by atoms with van der Waals surface area (Å²) in [5.41, 5.74) is 6.56. The lowest BCUT2D eigenvalue weighted by Gasteiger charge is -2.08. The average molecular weight is 295 g/mol. The Morgan fingerprint density at radius 2 is 1.86 bits per heavy atom. The summed E-state index contributed by atoms with van der Waals surface area (Å²) in [7, 11) is 0. The van der Waals surface area contributed by atoms with Gasteiger partial charge < -0.3 is 5.43 Å². The van der Waals surface area contributed by atoms with E-state index in [2.05, 4.69) is 30.4 Å². The van der Waals surface area contributed by atoms with Crippen LogP contribution in [0.1, 0.15) is 38.3 Å². The van der Waals surface area contributed by atoms with Gasteiger partial charge in [0, 0.05) is 23.6 Å². The number of nitrogens with two attached hydrogens (primary N) is 1. The average Bonchev–Trinajstić information content (AvgIpc) is 2.99. The number of hydrogen-bond donors (Lipinski definition) is 2. The molecular weight excluding hydrogens is 274 g/mol. The van der Waals surface area contributed by atoms with Crippen LogP contribution in [0, 0.1) is 0 Å². The molecule has 3 aromatic rings. The van der Waals surface area contributed by atoms with Crippen molar-refractivity contribution in [2.45, 2.75) is 32.6 Å². The molecule has 0 fully saturated rings. The zero-order valence-electron chi connectivity index (χ0n) is 13.0. The van der Waals surface area contributed by atoms with Crippen LogP contribution in [-0.4, -0.2) is 14.6 Å². The van der Waals surface area contributed by atoms with Gasteiger partial charge >= 0.3 is 0 Å². The first-order chi connectivity index (χ1) is 10.8. The first-order valence-corrected chi connectivity index (χ1v) is 7.69. The van der Waals surface area contributed by atoms with Crippen molar-refractivity contribution in [3.8, 4) is 11.3 Å². The maximum atomic E-state index is 5.67. The second-order valence-corrected chi connectivity index (χ2v) is 5.39. The summed E-state index contributed by atoms with van der Waals surface area (Å²) >= 11 is 0. The standard InChI is InChI=1S/C17H21N5/c1-3-12(4-2)15-11-16-19-14(13-8-6-5-7-9-13)10-17(20-18)22(16)21-15/h5-12,20H,3-4,18H2,1-2H3. The Kier molecular flexibility index (Phi) is 4.06. The number of hydrazine groups is 1. The molecule has 0 bridgehead atoms. The predicted octanol–water partition coefficient (Wildman–Crippen LogP) is 3.59. The lowest BCUT2D eigenvalue weighted by Crippen LogP contribution is -2.12. The molecule has 1 aromatic carbocycles. The second kappa shape index (κ2) is 6.15. The highest BCUT2D eigenvalue weighted by Crippen LogP contribution is 2.26. The highest BCUT2D eigenvalue weighted by Gasteiger charge is 2.15. The van der Waals surface area contributed by atoms with Gasteiger partial charge in [0.1, 0.15) is 5.82 Å². The first kappa shape index (κ1) is 14.5. The molecule has 3 rings (SSSR count). The van der Waals surface area contributed by atoms with Gasteiger partial charge in [-0.15, -0.1) is 0 Å². The molecule has 0 saturated carbocycles. The van der Waals surface area contributed by atoms with Crippen LogP contribution in [0.2, 0.25) is 0 Å². The predicted molar refractivity (Wildman–Crippen MR) is 89.6 cm³/mol. The SMILES string of the molecule is CCC(CC)c1cc2nc(-c3ccccc3)cc(NN)n2n1. The number of nitrogen functional groups attached to an aromatic ring is 1. The summed E-state index contributed by atoms with van der Waals surface area (Å²) in [5.74, 6) is 6.86. The molecule has 0 aliphatic rings. The summed E-state index contributed by atoms with van der Waals surface area (Å²) in [4.78, 5) is 4.73. The molecule has 5 nitrogen and oxygen atoms in total. The van der Waals surface area contributed by atoms with Gasteiger partial charge in [0.15, 0.2) is 5.65 Å². The molecule has 0 amide bonds. The maximum Gasteiger partial charge on any atom is 0.158 e. The highest BCUT2D eigenvalue weighted by molar-refractivity contribution is 5.66. The van der Waals surface area contributed by atoms with E-state index < -0.39 is 0 Å². The van der Waals surface area contributed by atoms with Gasteiger partial charge in [0.05, 0.1) is 11.4 Å². The first-order valence-electron chi connectivity index (χ1n) is 7.69. The van der Waals surface area contributed by atoms with Crippen LogP contribution in [-0.2, 0) is 0 Å². The molecule has 0 aliphatic carbocycles. The van der Waals surface area contributed by atoms with Gasteiger partial charge in [0.2, 0.25) is 0 Å². The van der Waals surface area contributed by atoms with E-state index in [1.165, 1.54) is 0 Å². The van der Waals surface area contributed by atoms with E-state index in [-0.39, 0.29) is 0 Å². The third-order valence-electron chi connectivity index (χ3n) is 4.07. The summed E-state index contributed by atoms with van der Waals surface area (Å²) < 4.78 is 1.78. The molecule has 0 unspecified atom stereocenters. The van der Waals surface area contributed by atoms with Crippen molar-refractivity contribution >= 4 is 11.5 Å². The second-order valence-electron chi connectivity index (χ2n) is 5.39. The molecule has 2 heterocycles. The Labute approximate surface area is 130 Å². The maximum absolute atomic E-state index is 5.67. The fourth-order valence-electron chi connectivity index (χ4n) is 2.76. The third-order valence-corrected chi connectivity index (χ3v) is 4.07. The summed E-state index contributed by atoms with van der Waals surface area (Å²) in [6.07, 6.45) is 2.13. The molecule has 0 aliphatic heterocycles. The smallest absolute Gasteiger partial charge is 0.158 e. The van der Waals surface area contributed by atoms with Crippen LogP contribution in [0.4, 0.5) is 5.82 Å². The number of aromatic nitrogens is 3. The molecule has 2 aromatic heterocycles. The number of anilines is 1. The Balaban J connectivity index is 2.15. The number of fused-ring (bicyclic) bond motifs is 1. The number of benzene rings is 1. The van der Waals surface area contributed by atoms with Crippen molar-refractivity contribution in [1.82, 2.24) is 14.6 Å². The van der Waals surface area contributed by atoms with Gasteiger partial charge in [-0.05, 0) is 12.8 Å². The Morgan fingerprint density at radius 1 is 1.14 bits per heavy atom. The minimum atomic E-state index is 0.451. The van der Waals surface area contributed by atoms with Crippen molar-refractivity contribution in [2.24, 2.45) is 5.84 Å². The summed E-state index contributed by atoms with van der Waals surface area (Å²) in [6, 6.07) is 14.1. The molecule has 0 atom stereocenters. The lowest BCUT2D eigenvalue weighted by molar-refractivity contribution is 0.617.